The van der Waals surface area contributed by atoms with Crippen LogP contribution in [0, 0.1) is 13.5 Å². The maximum absolute atomic E-state index is 10.5. The molecule has 0 saturated carbocycles. The third-order valence-corrected chi connectivity index (χ3v) is 9.11. The molecule has 0 bridgehead atoms. The van der Waals surface area contributed by atoms with E-state index in [2.05, 4.69) is 75.4 Å². The van der Waals surface area contributed by atoms with Crippen LogP contribution in [0.3, 0.4) is 0 Å². The van der Waals surface area contributed by atoms with Crippen LogP contribution in [0.1, 0.15) is 58.8 Å². The van der Waals surface area contributed by atoms with Crippen molar-refractivity contribution in [2.75, 3.05) is 6.61 Å². The standard InChI is InChI=1S/C16H12OSe.C5H9O.C5H10O.C5H9/c17-18-14-8-4-3-7-13(14)16-12-6-2-1-5-11(12)9-10-15(16)18;1-2-3-5-4-6-5;1-2-3-4-5-6;1-3-5-4-2/h1-10,17-18H;5H,1-4H2;5H,2-4H2,1H3;1,3H,4-5H2,2H3/q;+1;;+1. The molecule has 0 radical (unpaired) electrons. The molecule has 186 valence electrons. The summed E-state index contributed by atoms with van der Waals surface area (Å²) in [7, 11) is 0. The molecular formula is C31H40O3Se+2. The first kappa shape index (κ1) is 28.8. The van der Waals surface area contributed by atoms with E-state index in [-0.39, 0.29) is 0 Å². The van der Waals surface area contributed by atoms with E-state index in [1.807, 2.05) is 6.07 Å². The second-order valence-electron chi connectivity index (χ2n) is 8.44. The van der Waals surface area contributed by atoms with Crippen LogP contribution in [-0.4, -0.2) is 37.4 Å². The zero-order valence-electron chi connectivity index (χ0n) is 21.2. The van der Waals surface area contributed by atoms with E-state index in [0.29, 0.717) is 6.10 Å². The quantitative estimate of drug-likeness (QED) is 0.136. The molecule has 2 aliphatic heterocycles. The second kappa shape index (κ2) is 16.3. The van der Waals surface area contributed by atoms with E-state index in [4.69, 9.17) is 11.3 Å². The molecule has 1 N–H and O–H groups in total. The fourth-order valence-electron chi connectivity index (χ4n) is 3.64. The number of unbranched alkanes of at least 4 members (excludes halogenated alkanes) is 3. The molecule has 4 heteroatoms. The molecule has 1 saturated heterocycles. The number of ether oxygens (including phenoxy) is 1. The number of allylic oxidation sites excluding steroid dienone is 1. The average molecular weight is 540 g/mol. The van der Waals surface area contributed by atoms with Crippen molar-refractivity contribution in [1.29, 1.82) is 0 Å². The van der Waals surface area contributed by atoms with Crippen molar-refractivity contribution in [1.82, 2.24) is 0 Å². The molecule has 0 aromatic heterocycles. The fraction of sp³-hybridized carbons (Fsp3) is 0.355. The molecule has 0 amide bonds. The Morgan fingerprint density at radius 1 is 1.03 bits per heavy atom. The van der Waals surface area contributed by atoms with Crippen molar-refractivity contribution in [3.8, 4) is 11.1 Å². The third kappa shape index (κ3) is 8.93. The predicted molar refractivity (Wildman–Crippen MR) is 152 cm³/mol. The summed E-state index contributed by atoms with van der Waals surface area (Å²) in [5, 5.41) is 2.50. The average Bonchev–Trinajstić information content (AvgIpc) is 3.67. The Morgan fingerprint density at radius 2 is 1.74 bits per heavy atom. The van der Waals surface area contributed by atoms with Crippen molar-refractivity contribution in [2.45, 2.75) is 64.9 Å². The van der Waals surface area contributed by atoms with E-state index in [1.165, 1.54) is 26.4 Å². The van der Waals surface area contributed by atoms with Gasteiger partial charge in [0.15, 0.2) is 6.08 Å². The number of fused-ring (bicyclic) bond motifs is 5. The van der Waals surface area contributed by atoms with Crippen molar-refractivity contribution in [3.63, 3.8) is 0 Å². The SMILES string of the molecule is CCCCC=O.O[SeH]1c2ccccc2-c2c1ccc1ccccc21.[CH+]=CCCC.[CH2+]CCC1CO1. The first-order valence-electron chi connectivity index (χ1n) is 12.6. The van der Waals surface area contributed by atoms with E-state index >= 15 is 0 Å². The number of aldehydes is 1. The van der Waals surface area contributed by atoms with E-state index in [1.54, 1.807) is 6.08 Å². The molecular weight excluding hydrogens is 499 g/mol. The van der Waals surface area contributed by atoms with Crippen LogP contribution in [0.25, 0.3) is 21.9 Å². The third-order valence-electron chi connectivity index (χ3n) is 5.60. The van der Waals surface area contributed by atoms with Crippen LogP contribution < -0.4 is 8.92 Å². The maximum atomic E-state index is 10.5. The summed E-state index contributed by atoms with van der Waals surface area (Å²) in [5.41, 5.74) is 2.48. The Bertz CT molecular complexity index is 1040. The van der Waals surface area contributed by atoms with Gasteiger partial charge >= 0.3 is 110 Å². The van der Waals surface area contributed by atoms with Crippen molar-refractivity contribution >= 4 is 40.2 Å². The van der Waals surface area contributed by atoms with E-state index < -0.39 is 14.2 Å². The van der Waals surface area contributed by atoms with Crippen LogP contribution in [0.2, 0.25) is 0 Å². The molecule has 3 nitrogen and oxygen atoms in total. The van der Waals surface area contributed by atoms with Gasteiger partial charge in [-0.1, -0.05) is 20.3 Å². The normalized spacial score (nSPS) is 17.2. The summed E-state index contributed by atoms with van der Waals surface area (Å²) in [6, 6.07) is 20.9. The van der Waals surface area contributed by atoms with Crippen LogP contribution in [0.4, 0.5) is 0 Å². The molecule has 2 atom stereocenters. The molecule has 2 heterocycles. The minimum Gasteiger partial charge on any atom is -0.373 e. The Kier molecular flexibility index (Phi) is 13.4. The number of rotatable bonds is 7. The Morgan fingerprint density at radius 3 is 2.29 bits per heavy atom. The molecule has 0 aliphatic carbocycles. The first-order valence-corrected chi connectivity index (χ1v) is 15.3. The van der Waals surface area contributed by atoms with Gasteiger partial charge < -0.3 is 9.53 Å². The van der Waals surface area contributed by atoms with Crippen LogP contribution in [0.5, 0.6) is 0 Å². The fourth-order valence-corrected chi connectivity index (χ4v) is 6.93. The van der Waals surface area contributed by atoms with E-state index in [9.17, 15) is 8.98 Å². The summed E-state index contributed by atoms with van der Waals surface area (Å²) < 4.78 is 17.8. The predicted octanol–water partition coefficient (Wildman–Crippen LogP) is 5.80. The van der Waals surface area contributed by atoms with Gasteiger partial charge in [0.05, 0.1) is 26.1 Å². The zero-order chi connectivity index (χ0) is 25.5. The van der Waals surface area contributed by atoms with Crippen molar-refractivity contribution in [3.05, 3.63) is 80.2 Å². The number of hydrogen-bond acceptors (Lipinski definition) is 3. The van der Waals surface area contributed by atoms with E-state index in [0.717, 1.165) is 62.3 Å². The van der Waals surface area contributed by atoms with Gasteiger partial charge in [-0.05, 0) is 12.8 Å². The number of carbonyl (C=O) groups is 1. The summed E-state index contributed by atoms with van der Waals surface area (Å²) in [4.78, 5) is 9.56. The number of epoxide rings is 1. The smallest absolute Gasteiger partial charge is 0.201 e. The minimum absolute atomic E-state index is 0.586. The topological polar surface area (TPSA) is 49.8 Å². The van der Waals surface area contributed by atoms with Gasteiger partial charge in [-0.15, -0.1) is 0 Å². The zero-order valence-corrected chi connectivity index (χ0v) is 23.0. The molecule has 5 rings (SSSR count). The summed E-state index contributed by atoms with van der Waals surface area (Å²) >= 11 is -2.03. The minimum atomic E-state index is -2.03. The summed E-state index contributed by atoms with van der Waals surface area (Å²) in [5.74, 6) is 0. The molecule has 2 unspecified atom stereocenters. The Labute approximate surface area is 216 Å². The maximum Gasteiger partial charge on any atom is 0.201 e. The molecule has 3 aromatic carbocycles. The first-order chi connectivity index (χ1) is 17.1. The monoisotopic (exact) mass is 540 g/mol. The van der Waals surface area contributed by atoms with Gasteiger partial charge in [0.1, 0.15) is 6.29 Å². The molecule has 1 fully saturated rings. The Balaban J connectivity index is 0.000000210. The molecule has 35 heavy (non-hydrogen) atoms. The number of carbonyl (C=O) groups excluding carboxylic acids is 1. The van der Waals surface area contributed by atoms with Gasteiger partial charge in [0, 0.05) is 19.3 Å². The molecule has 0 spiro atoms. The van der Waals surface area contributed by atoms with Crippen molar-refractivity contribution in [2.24, 2.45) is 0 Å². The van der Waals surface area contributed by atoms with Crippen LogP contribution in [-0.2, 0) is 9.53 Å². The summed E-state index contributed by atoms with van der Waals surface area (Å²) in [6.07, 6.45) is 10.5. The van der Waals surface area contributed by atoms with Gasteiger partial charge in [-0.25, -0.2) is 0 Å². The van der Waals surface area contributed by atoms with Crippen LogP contribution >= 0.6 is 0 Å². The van der Waals surface area contributed by atoms with Gasteiger partial charge in [0.2, 0.25) is 6.58 Å². The Hall–Kier alpha value is -2.45. The number of benzene rings is 3. The molecule has 2 aliphatic rings. The van der Waals surface area contributed by atoms with Gasteiger partial charge in [-0.3, -0.25) is 0 Å². The van der Waals surface area contributed by atoms with Crippen molar-refractivity contribution < 1.29 is 13.7 Å². The largest absolute Gasteiger partial charge is 0.373 e. The van der Waals surface area contributed by atoms with Gasteiger partial charge in [0.25, 0.3) is 0 Å². The second-order valence-corrected chi connectivity index (χ2v) is 11.8. The number of hydrogen-bond donors (Lipinski definition) is 1. The van der Waals surface area contributed by atoms with Crippen LogP contribution in [0.15, 0.2) is 66.7 Å². The molecule has 3 aromatic rings. The summed E-state index contributed by atoms with van der Waals surface area (Å²) in [6.45, 7) is 13.9. The van der Waals surface area contributed by atoms with Gasteiger partial charge in [-0.2, -0.15) is 0 Å².